The molecule has 2 aromatic carbocycles. The molecule has 0 atom stereocenters. The monoisotopic (exact) mass is 429 g/mol. The fourth-order valence-electron chi connectivity index (χ4n) is 3.69. The topological polar surface area (TPSA) is 69.7 Å². The van der Waals surface area contributed by atoms with Crippen LogP contribution in [-0.2, 0) is 27.9 Å². The Bertz CT molecular complexity index is 939. The lowest BCUT2D eigenvalue weighted by molar-refractivity contribution is -0.126. The van der Waals surface area contributed by atoms with Gasteiger partial charge in [0.25, 0.3) is 0 Å². The second-order valence-corrected chi connectivity index (χ2v) is 9.80. The predicted octanol–water partition coefficient (Wildman–Crippen LogP) is 2.86. The predicted molar refractivity (Wildman–Crippen MR) is 118 cm³/mol. The lowest BCUT2D eigenvalue weighted by Crippen LogP contribution is -2.42. The summed E-state index contributed by atoms with van der Waals surface area (Å²) in [5.41, 5.74) is 2.31. The van der Waals surface area contributed by atoms with Gasteiger partial charge in [0.05, 0.1) is 4.90 Å². The molecule has 162 valence electrons. The maximum atomic E-state index is 12.7. The summed E-state index contributed by atoms with van der Waals surface area (Å²) in [4.78, 5) is 15.2. The third-order valence-electron chi connectivity index (χ3n) is 5.66. The van der Waals surface area contributed by atoms with Crippen molar-refractivity contribution < 1.29 is 13.2 Å². The molecular weight excluding hydrogens is 398 g/mol. The van der Waals surface area contributed by atoms with Gasteiger partial charge in [-0.3, -0.25) is 4.79 Å². The lowest BCUT2D eigenvalue weighted by atomic mass is 9.97. The molecule has 0 bridgehead atoms. The number of hydrogen-bond acceptors (Lipinski definition) is 4. The number of piperidine rings is 1. The molecule has 7 heteroatoms. The van der Waals surface area contributed by atoms with Crippen molar-refractivity contribution in [2.75, 3.05) is 26.7 Å². The smallest absolute Gasteiger partial charge is 0.243 e. The van der Waals surface area contributed by atoms with Crippen molar-refractivity contribution in [2.24, 2.45) is 5.92 Å². The van der Waals surface area contributed by atoms with Gasteiger partial charge in [0, 0.05) is 32.1 Å². The first-order chi connectivity index (χ1) is 14.4. The van der Waals surface area contributed by atoms with E-state index in [1.165, 1.54) is 9.87 Å². The fraction of sp³-hybridized carbons (Fsp3) is 0.435. The zero-order chi connectivity index (χ0) is 21.6. The van der Waals surface area contributed by atoms with Crippen molar-refractivity contribution in [3.63, 3.8) is 0 Å². The first-order valence-electron chi connectivity index (χ1n) is 10.5. The molecule has 0 aromatic heterocycles. The number of sulfonamides is 1. The first kappa shape index (κ1) is 22.5. The molecule has 0 radical (unpaired) electrons. The maximum Gasteiger partial charge on any atom is 0.243 e. The van der Waals surface area contributed by atoms with Crippen LogP contribution >= 0.6 is 0 Å². The Morgan fingerprint density at radius 3 is 2.40 bits per heavy atom. The Morgan fingerprint density at radius 2 is 1.73 bits per heavy atom. The van der Waals surface area contributed by atoms with E-state index in [-0.39, 0.29) is 11.8 Å². The zero-order valence-electron chi connectivity index (χ0n) is 17.8. The minimum atomic E-state index is -3.49. The SMILES string of the molecule is CCN(C)Cc1cccc(CNC(=O)C2CCN(S(=O)(=O)c3ccccc3)CC2)c1. The van der Waals surface area contributed by atoms with Gasteiger partial charge < -0.3 is 10.2 Å². The Morgan fingerprint density at radius 1 is 1.07 bits per heavy atom. The molecule has 0 aliphatic carbocycles. The van der Waals surface area contributed by atoms with Crippen LogP contribution in [0.4, 0.5) is 0 Å². The second-order valence-electron chi connectivity index (χ2n) is 7.86. The third-order valence-corrected chi connectivity index (χ3v) is 7.57. The molecular formula is C23H31N3O3S. The number of nitrogens with one attached hydrogen (secondary N) is 1. The van der Waals surface area contributed by atoms with E-state index >= 15 is 0 Å². The van der Waals surface area contributed by atoms with Gasteiger partial charge in [-0.2, -0.15) is 4.31 Å². The van der Waals surface area contributed by atoms with Gasteiger partial charge in [-0.25, -0.2) is 8.42 Å². The molecule has 1 N–H and O–H groups in total. The third kappa shape index (κ3) is 5.68. The van der Waals surface area contributed by atoms with Crippen molar-refractivity contribution in [1.29, 1.82) is 0 Å². The van der Waals surface area contributed by atoms with Gasteiger partial charge in [-0.1, -0.05) is 49.4 Å². The Labute approximate surface area is 179 Å². The zero-order valence-corrected chi connectivity index (χ0v) is 18.6. The molecule has 0 spiro atoms. The molecule has 0 unspecified atom stereocenters. The van der Waals surface area contributed by atoms with Gasteiger partial charge in [-0.15, -0.1) is 0 Å². The summed E-state index contributed by atoms with van der Waals surface area (Å²) >= 11 is 0. The lowest BCUT2D eigenvalue weighted by Gasteiger charge is -2.30. The largest absolute Gasteiger partial charge is 0.352 e. The molecule has 1 aliphatic rings. The summed E-state index contributed by atoms with van der Waals surface area (Å²) < 4.78 is 26.9. The highest BCUT2D eigenvalue weighted by atomic mass is 32.2. The molecule has 1 fully saturated rings. The van der Waals surface area contributed by atoms with Crippen LogP contribution in [0, 0.1) is 5.92 Å². The van der Waals surface area contributed by atoms with Crippen LogP contribution in [0.5, 0.6) is 0 Å². The second kappa shape index (κ2) is 10.2. The van der Waals surface area contributed by atoms with Gasteiger partial charge in [-0.05, 0) is 49.7 Å². The summed E-state index contributed by atoms with van der Waals surface area (Å²) in [5.74, 6) is -0.149. The Hall–Kier alpha value is -2.22. The first-order valence-corrected chi connectivity index (χ1v) is 11.9. The average Bonchev–Trinajstić information content (AvgIpc) is 2.78. The molecule has 3 rings (SSSR count). The minimum Gasteiger partial charge on any atom is -0.352 e. The van der Waals surface area contributed by atoms with Gasteiger partial charge >= 0.3 is 0 Å². The van der Waals surface area contributed by atoms with Gasteiger partial charge in [0.1, 0.15) is 0 Å². The van der Waals surface area contributed by atoms with Crippen molar-refractivity contribution >= 4 is 15.9 Å². The van der Waals surface area contributed by atoms with Crippen molar-refractivity contribution in [2.45, 2.75) is 37.8 Å². The quantitative estimate of drug-likeness (QED) is 0.701. The van der Waals surface area contributed by atoms with Gasteiger partial charge in [0.15, 0.2) is 0 Å². The van der Waals surface area contributed by atoms with E-state index in [9.17, 15) is 13.2 Å². The van der Waals surface area contributed by atoms with Crippen LogP contribution in [0.1, 0.15) is 30.9 Å². The number of benzene rings is 2. The summed E-state index contributed by atoms with van der Waals surface area (Å²) in [5, 5.41) is 3.03. The van der Waals surface area contributed by atoms with E-state index in [0.717, 1.165) is 18.7 Å². The fourth-order valence-corrected chi connectivity index (χ4v) is 5.19. The van der Waals surface area contributed by atoms with E-state index in [2.05, 4.69) is 36.3 Å². The van der Waals surface area contributed by atoms with E-state index in [1.807, 2.05) is 12.1 Å². The molecule has 30 heavy (non-hydrogen) atoms. The van der Waals surface area contributed by atoms with Crippen LogP contribution in [-0.4, -0.2) is 50.2 Å². The van der Waals surface area contributed by atoms with Crippen LogP contribution in [0.25, 0.3) is 0 Å². The molecule has 6 nitrogen and oxygen atoms in total. The average molecular weight is 430 g/mol. The van der Waals surface area contributed by atoms with Crippen molar-refractivity contribution in [3.05, 3.63) is 65.7 Å². The Balaban J connectivity index is 1.51. The summed E-state index contributed by atoms with van der Waals surface area (Å²) in [6.07, 6.45) is 1.08. The summed E-state index contributed by atoms with van der Waals surface area (Å²) in [6.45, 7) is 5.22. The van der Waals surface area contributed by atoms with E-state index in [4.69, 9.17) is 0 Å². The highest BCUT2D eigenvalue weighted by molar-refractivity contribution is 7.89. The van der Waals surface area contributed by atoms with E-state index in [0.29, 0.717) is 37.4 Å². The highest BCUT2D eigenvalue weighted by Crippen LogP contribution is 2.24. The molecule has 1 aliphatic heterocycles. The number of carbonyl (C=O) groups excluding carboxylic acids is 1. The van der Waals surface area contributed by atoms with Crippen LogP contribution < -0.4 is 5.32 Å². The van der Waals surface area contributed by atoms with Gasteiger partial charge in [0.2, 0.25) is 15.9 Å². The number of rotatable bonds is 8. The van der Waals surface area contributed by atoms with E-state index < -0.39 is 10.0 Å². The number of hydrogen-bond donors (Lipinski definition) is 1. The minimum absolute atomic E-state index is 0.00263. The standard InChI is InChI=1S/C23H31N3O3S/c1-3-25(2)18-20-9-7-8-19(16-20)17-24-23(27)21-12-14-26(15-13-21)30(28,29)22-10-5-4-6-11-22/h4-11,16,21H,3,12-15,17-18H2,1-2H3,(H,24,27). The molecule has 2 aromatic rings. The number of amides is 1. The Kier molecular flexibility index (Phi) is 7.64. The summed E-state index contributed by atoms with van der Waals surface area (Å²) in [6, 6.07) is 16.7. The molecule has 1 heterocycles. The van der Waals surface area contributed by atoms with E-state index in [1.54, 1.807) is 30.3 Å². The number of nitrogens with zero attached hydrogens (tertiary/aromatic N) is 2. The van der Waals surface area contributed by atoms with Crippen LogP contribution in [0.3, 0.4) is 0 Å². The molecule has 1 saturated heterocycles. The maximum absolute atomic E-state index is 12.7. The van der Waals surface area contributed by atoms with Crippen molar-refractivity contribution in [1.82, 2.24) is 14.5 Å². The van der Waals surface area contributed by atoms with Crippen molar-refractivity contribution in [3.8, 4) is 0 Å². The normalized spacial score (nSPS) is 16.0. The summed E-state index contributed by atoms with van der Waals surface area (Å²) in [7, 11) is -1.40. The molecule has 1 amide bonds. The van der Waals surface area contributed by atoms with Crippen LogP contribution in [0.2, 0.25) is 0 Å². The number of carbonyl (C=O) groups is 1. The van der Waals surface area contributed by atoms with Crippen LogP contribution in [0.15, 0.2) is 59.5 Å². The highest BCUT2D eigenvalue weighted by Gasteiger charge is 2.31. The molecule has 0 saturated carbocycles.